The molecule has 46 heavy (non-hydrogen) atoms. The van der Waals surface area contributed by atoms with E-state index in [-0.39, 0.29) is 5.41 Å². The van der Waals surface area contributed by atoms with Gasteiger partial charge in [0, 0.05) is 25.6 Å². The van der Waals surface area contributed by atoms with Gasteiger partial charge in [0.1, 0.15) is 0 Å². The number of rotatable bonds is 2. The molecular weight excluding hydrogens is 573 g/mol. The number of thiophene rings is 1. The highest BCUT2D eigenvalue weighted by Crippen LogP contribution is 2.52. The van der Waals surface area contributed by atoms with Crippen LogP contribution in [0.1, 0.15) is 25.0 Å². The van der Waals surface area contributed by atoms with E-state index in [1.165, 1.54) is 97.0 Å². The third kappa shape index (κ3) is 3.55. The second-order valence-electron chi connectivity index (χ2n) is 13.3. The first kappa shape index (κ1) is 26.0. The lowest BCUT2D eigenvalue weighted by molar-refractivity contribution is 0.661. The molecule has 9 aromatic rings. The van der Waals surface area contributed by atoms with Crippen LogP contribution in [0, 0.1) is 0 Å². The van der Waals surface area contributed by atoms with Gasteiger partial charge in [0.2, 0.25) is 0 Å². The number of hydrogen-bond donors (Lipinski definition) is 0. The van der Waals surface area contributed by atoms with Gasteiger partial charge in [-0.05, 0) is 107 Å². The first-order chi connectivity index (χ1) is 22.6. The van der Waals surface area contributed by atoms with Gasteiger partial charge >= 0.3 is 0 Å². The molecule has 0 atom stereocenters. The molecule has 1 aliphatic carbocycles. The molecule has 1 aromatic heterocycles. The molecule has 0 saturated heterocycles. The summed E-state index contributed by atoms with van der Waals surface area (Å²) in [5.41, 5.74) is 10.8. The second-order valence-corrected chi connectivity index (χ2v) is 14.4. The third-order valence-electron chi connectivity index (χ3n) is 10.4. The highest BCUT2D eigenvalue weighted by molar-refractivity contribution is 7.25. The fourth-order valence-electron chi connectivity index (χ4n) is 8.22. The van der Waals surface area contributed by atoms with E-state index in [1.807, 2.05) is 11.3 Å². The summed E-state index contributed by atoms with van der Waals surface area (Å²) in [7, 11) is 0. The van der Waals surface area contributed by atoms with Crippen LogP contribution in [0.25, 0.3) is 85.9 Å². The van der Waals surface area contributed by atoms with Gasteiger partial charge in [0.25, 0.3) is 0 Å². The van der Waals surface area contributed by atoms with Gasteiger partial charge in [0.05, 0.1) is 0 Å². The van der Waals surface area contributed by atoms with Crippen molar-refractivity contribution >= 4 is 63.8 Å². The van der Waals surface area contributed by atoms with Gasteiger partial charge in [-0.1, -0.05) is 129 Å². The fraction of sp³-hybridized carbons (Fsp3) is 0.0667. The number of benzene rings is 8. The molecule has 0 saturated carbocycles. The smallest absolute Gasteiger partial charge is 0.0361 e. The maximum Gasteiger partial charge on any atom is 0.0361 e. The minimum atomic E-state index is -0.0169. The van der Waals surface area contributed by atoms with Crippen LogP contribution in [0.3, 0.4) is 0 Å². The van der Waals surface area contributed by atoms with Crippen molar-refractivity contribution in [1.29, 1.82) is 0 Å². The molecule has 0 spiro atoms. The summed E-state index contributed by atoms with van der Waals surface area (Å²) in [6.45, 7) is 4.75. The summed E-state index contributed by atoms with van der Waals surface area (Å²) in [4.78, 5) is 0. The lowest BCUT2D eigenvalue weighted by Gasteiger charge is -2.21. The average Bonchev–Trinajstić information content (AvgIpc) is 3.56. The predicted octanol–water partition coefficient (Wildman–Crippen LogP) is 13.2. The van der Waals surface area contributed by atoms with Crippen LogP contribution in [0.4, 0.5) is 0 Å². The van der Waals surface area contributed by atoms with Crippen LogP contribution < -0.4 is 0 Å². The number of hydrogen-bond acceptors (Lipinski definition) is 1. The molecule has 0 nitrogen and oxygen atoms in total. The molecule has 0 N–H and O–H groups in total. The standard InChI is InChI=1S/C45H30S/c1-45(2)39-18-10-9-13-31(39)36-26-42-38(25-40(36)45)37-24-30(21-22-41(37)46-42)44-34-16-7-5-14-32(34)43(33-15-6-8-17-35(33)44)29-20-19-27-11-3-4-12-28(27)23-29/h3-26H,1-2H3. The Kier molecular flexibility index (Phi) is 5.31. The summed E-state index contributed by atoms with van der Waals surface area (Å²) in [6.07, 6.45) is 0. The third-order valence-corrected chi connectivity index (χ3v) is 11.6. The minimum absolute atomic E-state index is 0.0169. The van der Waals surface area contributed by atoms with E-state index in [1.54, 1.807) is 0 Å². The fourth-order valence-corrected chi connectivity index (χ4v) is 9.33. The molecule has 1 heterocycles. The van der Waals surface area contributed by atoms with E-state index in [0.29, 0.717) is 0 Å². The Bertz CT molecular complexity index is 2660. The normalized spacial score (nSPS) is 13.6. The SMILES string of the molecule is CC1(C)c2ccccc2-c2cc3sc4ccc(-c5c6ccccc6c(-c6ccc7ccccc7c6)c6ccccc56)cc4c3cc21. The van der Waals surface area contributed by atoms with Crippen LogP contribution in [-0.4, -0.2) is 0 Å². The van der Waals surface area contributed by atoms with Crippen molar-refractivity contribution in [3.8, 4) is 33.4 Å². The van der Waals surface area contributed by atoms with E-state index < -0.39 is 0 Å². The van der Waals surface area contributed by atoms with Gasteiger partial charge in [-0.15, -0.1) is 11.3 Å². The second kappa shape index (κ2) is 9.39. The van der Waals surface area contributed by atoms with E-state index in [0.717, 1.165) is 0 Å². The van der Waals surface area contributed by atoms with Crippen LogP contribution in [0.5, 0.6) is 0 Å². The molecule has 0 amide bonds. The molecule has 0 fully saturated rings. The van der Waals surface area contributed by atoms with Crippen molar-refractivity contribution in [3.63, 3.8) is 0 Å². The largest absolute Gasteiger partial charge is 0.135 e. The Hall–Kier alpha value is -5.24. The first-order valence-electron chi connectivity index (χ1n) is 16.1. The molecule has 0 aliphatic heterocycles. The molecular formula is C45H30S. The molecule has 8 aromatic carbocycles. The summed E-state index contributed by atoms with van der Waals surface area (Å²) in [5.74, 6) is 0. The summed E-state index contributed by atoms with van der Waals surface area (Å²) >= 11 is 1.91. The van der Waals surface area contributed by atoms with Gasteiger partial charge in [-0.25, -0.2) is 0 Å². The monoisotopic (exact) mass is 602 g/mol. The quantitative estimate of drug-likeness (QED) is 0.173. The van der Waals surface area contributed by atoms with Crippen molar-refractivity contribution in [2.75, 3.05) is 0 Å². The average molecular weight is 603 g/mol. The van der Waals surface area contributed by atoms with Crippen LogP contribution >= 0.6 is 11.3 Å². The van der Waals surface area contributed by atoms with E-state index in [9.17, 15) is 0 Å². The molecule has 1 aliphatic rings. The summed E-state index contributed by atoms with van der Waals surface area (Å²) < 4.78 is 2.70. The van der Waals surface area contributed by atoms with Crippen molar-refractivity contribution in [2.24, 2.45) is 0 Å². The molecule has 0 unspecified atom stereocenters. The highest BCUT2D eigenvalue weighted by Gasteiger charge is 2.35. The Labute approximate surface area is 272 Å². The lowest BCUT2D eigenvalue weighted by atomic mass is 9.82. The van der Waals surface area contributed by atoms with E-state index >= 15 is 0 Å². The zero-order chi connectivity index (χ0) is 30.6. The molecule has 0 radical (unpaired) electrons. The zero-order valence-electron chi connectivity index (χ0n) is 25.8. The Morgan fingerprint density at radius 2 is 0.957 bits per heavy atom. The van der Waals surface area contributed by atoms with Crippen molar-refractivity contribution in [2.45, 2.75) is 19.3 Å². The van der Waals surface area contributed by atoms with Crippen molar-refractivity contribution < 1.29 is 0 Å². The van der Waals surface area contributed by atoms with Gasteiger partial charge in [0.15, 0.2) is 0 Å². The van der Waals surface area contributed by atoms with Gasteiger partial charge in [-0.2, -0.15) is 0 Å². The van der Waals surface area contributed by atoms with E-state index in [4.69, 9.17) is 0 Å². The van der Waals surface area contributed by atoms with E-state index in [2.05, 4.69) is 159 Å². The lowest BCUT2D eigenvalue weighted by Crippen LogP contribution is -2.14. The van der Waals surface area contributed by atoms with Crippen LogP contribution in [0.2, 0.25) is 0 Å². The van der Waals surface area contributed by atoms with Crippen LogP contribution in [0.15, 0.2) is 146 Å². The summed E-state index contributed by atoms with van der Waals surface area (Å²) in [5, 5.41) is 10.4. The number of fused-ring (bicyclic) bond motifs is 9. The van der Waals surface area contributed by atoms with Crippen LogP contribution in [-0.2, 0) is 5.41 Å². The first-order valence-corrected chi connectivity index (χ1v) is 16.9. The molecule has 0 bridgehead atoms. The Morgan fingerprint density at radius 1 is 0.391 bits per heavy atom. The predicted molar refractivity (Wildman–Crippen MR) is 200 cm³/mol. The Balaban J connectivity index is 1.24. The maximum atomic E-state index is 2.49. The molecule has 1 heteroatoms. The Morgan fingerprint density at radius 3 is 1.67 bits per heavy atom. The minimum Gasteiger partial charge on any atom is -0.135 e. The van der Waals surface area contributed by atoms with Gasteiger partial charge in [-0.3, -0.25) is 0 Å². The zero-order valence-corrected chi connectivity index (χ0v) is 26.6. The van der Waals surface area contributed by atoms with Gasteiger partial charge < -0.3 is 0 Å². The van der Waals surface area contributed by atoms with Crippen molar-refractivity contribution in [3.05, 3.63) is 157 Å². The van der Waals surface area contributed by atoms with Crippen molar-refractivity contribution in [1.82, 2.24) is 0 Å². The highest BCUT2D eigenvalue weighted by atomic mass is 32.1. The molecule has 10 rings (SSSR count). The molecule has 216 valence electrons. The topological polar surface area (TPSA) is 0 Å². The maximum absolute atomic E-state index is 2.49. The summed E-state index contributed by atoms with van der Waals surface area (Å²) in [6, 6.07) is 54.5.